The maximum Gasteiger partial charge on any atom is 0.230 e. The van der Waals surface area contributed by atoms with Gasteiger partial charge in [-0.2, -0.15) is 4.98 Å². The van der Waals surface area contributed by atoms with Gasteiger partial charge in [-0.1, -0.05) is 31.5 Å². The Morgan fingerprint density at radius 3 is 2.35 bits per heavy atom. The van der Waals surface area contributed by atoms with Crippen LogP contribution in [0, 0.1) is 27.7 Å². The highest BCUT2D eigenvalue weighted by Gasteiger charge is 2.28. The van der Waals surface area contributed by atoms with Crippen molar-refractivity contribution in [3.05, 3.63) is 40.2 Å². The van der Waals surface area contributed by atoms with Gasteiger partial charge in [0, 0.05) is 6.04 Å². The number of fused-ring (bicyclic) bond motifs is 1. The maximum absolute atomic E-state index is 6.31. The van der Waals surface area contributed by atoms with E-state index in [0.717, 1.165) is 46.9 Å². The van der Waals surface area contributed by atoms with Gasteiger partial charge >= 0.3 is 0 Å². The highest BCUT2D eigenvalue weighted by Crippen LogP contribution is 2.37. The number of hydrogen-bond acceptors (Lipinski definition) is 5. The third-order valence-electron chi connectivity index (χ3n) is 4.99. The Kier molecular flexibility index (Phi) is 5.47. The van der Waals surface area contributed by atoms with Crippen LogP contribution in [0.1, 0.15) is 54.8 Å². The summed E-state index contributed by atoms with van der Waals surface area (Å²) in [5.41, 5.74) is 4.40. The molecule has 140 valence electrons. The molecular weight excluding hydrogens is 326 g/mol. The number of rotatable bonds is 5. The zero-order valence-corrected chi connectivity index (χ0v) is 16.7. The van der Waals surface area contributed by atoms with Crippen molar-refractivity contribution in [1.82, 2.24) is 9.97 Å². The molecule has 0 atom stereocenters. The molecule has 1 aliphatic rings. The van der Waals surface area contributed by atoms with E-state index in [0.29, 0.717) is 25.3 Å². The first-order valence-electron chi connectivity index (χ1n) is 9.42. The minimum absolute atomic E-state index is 0.402. The van der Waals surface area contributed by atoms with Crippen molar-refractivity contribution in [2.24, 2.45) is 0 Å². The van der Waals surface area contributed by atoms with E-state index < -0.39 is 0 Å². The second-order valence-corrected chi connectivity index (χ2v) is 7.13. The molecule has 5 heteroatoms. The number of ether oxygens (including phenoxy) is 2. The lowest BCUT2D eigenvalue weighted by atomic mass is 10.1. The van der Waals surface area contributed by atoms with Gasteiger partial charge in [-0.05, 0) is 51.7 Å². The zero-order valence-electron chi connectivity index (χ0n) is 16.7. The molecule has 3 rings (SSSR count). The van der Waals surface area contributed by atoms with Crippen molar-refractivity contribution < 1.29 is 9.47 Å². The molecule has 0 unspecified atom stereocenters. The van der Waals surface area contributed by atoms with Gasteiger partial charge in [0.05, 0.1) is 12.2 Å². The van der Waals surface area contributed by atoms with Crippen LogP contribution in [0.2, 0.25) is 0 Å². The average molecular weight is 355 g/mol. The molecular formula is C21H29N3O2. The third-order valence-corrected chi connectivity index (χ3v) is 4.99. The summed E-state index contributed by atoms with van der Waals surface area (Å²) in [7, 11) is 0. The lowest BCUT2D eigenvalue weighted by molar-refractivity contribution is 0.0993. The van der Waals surface area contributed by atoms with Crippen molar-refractivity contribution >= 4 is 5.82 Å². The Bertz CT molecular complexity index is 777. The van der Waals surface area contributed by atoms with Crippen LogP contribution in [0.4, 0.5) is 5.82 Å². The minimum Gasteiger partial charge on any atom is -0.438 e. The summed E-state index contributed by atoms with van der Waals surface area (Å²) in [5.74, 6) is 3.16. The largest absolute Gasteiger partial charge is 0.438 e. The van der Waals surface area contributed by atoms with E-state index >= 15 is 0 Å². The van der Waals surface area contributed by atoms with Crippen LogP contribution in [0.3, 0.4) is 0 Å². The average Bonchev–Trinajstić information content (AvgIpc) is 2.59. The third kappa shape index (κ3) is 3.54. The van der Waals surface area contributed by atoms with E-state index in [4.69, 9.17) is 14.5 Å². The number of aryl methyl sites for hydroxylation is 4. The summed E-state index contributed by atoms with van der Waals surface area (Å²) >= 11 is 0. The van der Waals surface area contributed by atoms with Gasteiger partial charge in [0.2, 0.25) is 5.88 Å². The first-order chi connectivity index (χ1) is 12.4. The Morgan fingerprint density at radius 2 is 1.73 bits per heavy atom. The van der Waals surface area contributed by atoms with Gasteiger partial charge in [-0.25, -0.2) is 4.98 Å². The fraction of sp³-hybridized carbons (Fsp3) is 0.524. The second-order valence-electron chi connectivity index (χ2n) is 7.13. The van der Waals surface area contributed by atoms with Crippen LogP contribution in [0.5, 0.6) is 11.6 Å². The molecule has 0 radical (unpaired) electrons. The smallest absolute Gasteiger partial charge is 0.230 e. The highest BCUT2D eigenvalue weighted by atomic mass is 16.5. The molecule has 1 aromatic heterocycles. The predicted octanol–water partition coefficient (Wildman–Crippen LogP) is 4.99. The summed E-state index contributed by atoms with van der Waals surface area (Å²) in [6.07, 6.45) is 2.10. The Hall–Kier alpha value is -2.14. The number of nitrogens with zero attached hydrogens (tertiary/aromatic N) is 3. The molecule has 0 fully saturated rings. The molecule has 2 aromatic rings. The maximum atomic E-state index is 6.31. The molecule has 0 aliphatic carbocycles. The predicted molar refractivity (Wildman–Crippen MR) is 104 cm³/mol. The van der Waals surface area contributed by atoms with Crippen molar-refractivity contribution in [2.75, 3.05) is 11.6 Å². The highest BCUT2D eigenvalue weighted by molar-refractivity contribution is 5.55. The first kappa shape index (κ1) is 18.6. The molecule has 1 aromatic carbocycles. The van der Waals surface area contributed by atoms with Crippen LogP contribution in [0.25, 0.3) is 0 Å². The zero-order chi connectivity index (χ0) is 18.8. The fourth-order valence-corrected chi connectivity index (χ4v) is 3.74. The van der Waals surface area contributed by atoms with E-state index in [1.807, 2.05) is 6.92 Å². The van der Waals surface area contributed by atoms with Gasteiger partial charge in [0.15, 0.2) is 0 Å². The van der Waals surface area contributed by atoms with Crippen molar-refractivity contribution in [1.29, 1.82) is 0 Å². The molecule has 5 nitrogen and oxygen atoms in total. The van der Waals surface area contributed by atoms with Crippen LogP contribution in [-0.2, 0) is 11.3 Å². The number of anilines is 1. The summed E-state index contributed by atoms with van der Waals surface area (Å²) < 4.78 is 12.2. The molecule has 0 N–H and O–H groups in total. The van der Waals surface area contributed by atoms with Gasteiger partial charge < -0.3 is 14.4 Å². The molecule has 0 bridgehead atoms. The standard InChI is InChI=1S/C21H29N3O2/c1-7-17(8-2)24-12-25-11-18-20(24)22-16(6)23-21(18)26-19-14(4)9-13(3)10-15(19)5/h9-10,17H,7-8,11-12H2,1-6H3. The molecule has 1 aliphatic heterocycles. The normalized spacial score (nSPS) is 13.9. The molecule has 0 spiro atoms. The topological polar surface area (TPSA) is 47.5 Å². The first-order valence-corrected chi connectivity index (χ1v) is 9.42. The summed E-state index contributed by atoms with van der Waals surface area (Å²) in [6, 6.07) is 4.67. The van der Waals surface area contributed by atoms with Gasteiger partial charge in [-0.3, -0.25) is 0 Å². The van der Waals surface area contributed by atoms with Crippen molar-refractivity contribution in [3.63, 3.8) is 0 Å². The van der Waals surface area contributed by atoms with Crippen LogP contribution in [0.15, 0.2) is 12.1 Å². The molecule has 26 heavy (non-hydrogen) atoms. The van der Waals surface area contributed by atoms with E-state index in [9.17, 15) is 0 Å². The summed E-state index contributed by atoms with van der Waals surface area (Å²) in [4.78, 5) is 11.6. The lowest BCUT2D eigenvalue weighted by Crippen LogP contribution is -2.40. The van der Waals surface area contributed by atoms with E-state index in [-0.39, 0.29) is 0 Å². The summed E-state index contributed by atoms with van der Waals surface area (Å²) in [5, 5.41) is 0. The number of aromatic nitrogens is 2. The van der Waals surface area contributed by atoms with Gasteiger partial charge in [-0.15, -0.1) is 0 Å². The van der Waals surface area contributed by atoms with Crippen LogP contribution < -0.4 is 9.64 Å². The van der Waals surface area contributed by atoms with Crippen molar-refractivity contribution in [2.45, 2.75) is 67.0 Å². The monoisotopic (exact) mass is 355 g/mol. The lowest BCUT2D eigenvalue weighted by Gasteiger charge is -2.36. The molecule has 0 saturated heterocycles. The van der Waals surface area contributed by atoms with Crippen LogP contribution >= 0.6 is 0 Å². The molecule has 0 saturated carbocycles. The number of benzene rings is 1. The van der Waals surface area contributed by atoms with E-state index in [2.05, 4.69) is 56.6 Å². The number of hydrogen-bond donors (Lipinski definition) is 0. The van der Waals surface area contributed by atoms with Gasteiger partial charge in [0.25, 0.3) is 0 Å². The van der Waals surface area contributed by atoms with E-state index in [1.165, 1.54) is 5.56 Å². The SMILES string of the molecule is CCC(CC)N1COCc2c(Oc3c(C)cc(C)cc3C)nc(C)nc21. The quantitative estimate of drug-likeness (QED) is 0.756. The van der Waals surface area contributed by atoms with Gasteiger partial charge in [0.1, 0.15) is 24.1 Å². The Labute approximate surface area is 156 Å². The molecule has 2 heterocycles. The second kappa shape index (κ2) is 7.62. The fourth-order valence-electron chi connectivity index (χ4n) is 3.74. The van der Waals surface area contributed by atoms with Crippen LogP contribution in [-0.4, -0.2) is 22.7 Å². The van der Waals surface area contributed by atoms with E-state index in [1.54, 1.807) is 0 Å². The minimum atomic E-state index is 0.402. The van der Waals surface area contributed by atoms with Crippen molar-refractivity contribution in [3.8, 4) is 11.6 Å². The Balaban J connectivity index is 2.05. The molecule has 0 amide bonds. The summed E-state index contributed by atoms with van der Waals surface area (Å²) in [6.45, 7) is 13.6. The Morgan fingerprint density at radius 1 is 1.08 bits per heavy atom.